The standard InChI is InChI=1S/C32H34ClN3O4S/c1-19-14-23(15-20(2)35-19)22-10-13-27(40-3)24(16-22)18-36(25-11-8-21(9-12-25)17-34-32(38)39)31(37)30-29(33)26-6-4-5-7-28(26)41-30/h4-7,10,13-16,21,25,34H,8-9,11-12,17-18H2,1-3H3,(H,38,39). The van der Waals surface area contributed by atoms with Crippen molar-refractivity contribution < 1.29 is 19.4 Å². The largest absolute Gasteiger partial charge is 0.496 e. The molecule has 0 aliphatic heterocycles. The molecular formula is C32H34ClN3O4S. The highest BCUT2D eigenvalue weighted by Crippen LogP contribution is 2.39. The van der Waals surface area contributed by atoms with E-state index in [-0.39, 0.29) is 17.9 Å². The smallest absolute Gasteiger partial charge is 0.404 e. The van der Waals surface area contributed by atoms with Gasteiger partial charge in [0.2, 0.25) is 0 Å². The van der Waals surface area contributed by atoms with Crippen molar-refractivity contribution in [3.05, 3.63) is 81.4 Å². The van der Waals surface area contributed by atoms with Crippen molar-refractivity contribution >= 4 is 45.0 Å². The normalized spacial score (nSPS) is 16.9. The molecule has 1 aliphatic rings. The molecule has 7 nitrogen and oxygen atoms in total. The Morgan fingerprint density at radius 2 is 1.76 bits per heavy atom. The van der Waals surface area contributed by atoms with E-state index in [1.165, 1.54) is 11.3 Å². The summed E-state index contributed by atoms with van der Waals surface area (Å²) in [5, 5.41) is 12.9. The van der Waals surface area contributed by atoms with Crippen LogP contribution in [0.2, 0.25) is 5.02 Å². The Bertz CT molecular complexity index is 1560. The minimum absolute atomic E-state index is 0.0105. The molecule has 41 heavy (non-hydrogen) atoms. The van der Waals surface area contributed by atoms with Crippen molar-refractivity contribution in [2.24, 2.45) is 5.92 Å². The molecule has 2 heterocycles. The molecule has 4 aromatic rings. The molecule has 214 valence electrons. The Labute approximate surface area is 249 Å². The molecule has 2 aromatic carbocycles. The predicted molar refractivity (Wildman–Crippen MR) is 164 cm³/mol. The van der Waals surface area contributed by atoms with E-state index < -0.39 is 6.09 Å². The number of aryl methyl sites for hydroxylation is 2. The fourth-order valence-electron chi connectivity index (χ4n) is 5.81. The number of benzene rings is 2. The van der Waals surface area contributed by atoms with Crippen LogP contribution in [0.25, 0.3) is 21.2 Å². The molecule has 2 amide bonds. The third kappa shape index (κ3) is 6.49. The SMILES string of the molecule is COc1ccc(-c2cc(C)nc(C)c2)cc1CN(C(=O)c1sc2ccccc2c1Cl)C1CCC(CNC(=O)O)CC1. The highest BCUT2D eigenvalue weighted by molar-refractivity contribution is 7.21. The summed E-state index contributed by atoms with van der Waals surface area (Å²) in [5.74, 6) is 0.880. The highest BCUT2D eigenvalue weighted by Gasteiger charge is 2.32. The molecular weight excluding hydrogens is 558 g/mol. The Hall–Kier alpha value is -3.62. The molecule has 9 heteroatoms. The van der Waals surface area contributed by atoms with Crippen molar-refractivity contribution in [3.8, 4) is 16.9 Å². The molecule has 1 aliphatic carbocycles. The number of halogens is 1. The number of rotatable bonds is 8. The second-order valence-electron chi connectivity index (χ2n) is 10.7. The second-order valence-corrected chi connectivity index (χ2v) is 12.1. The van der Waals surface area contributed by atoms with Gasteiger partial charge in [-0.15, -0.1) is 11.3 Å². The fourth-order valence-corrected chi connectivity index (χ4v) is 7.28. The van der Waals surface area contributed by atoms with E-state index in [1.807, 2.05) is 55.1 Å². The van der Waals surface area contributed by atoms with Gasteiger partial charge in [0.05, 0.1) is 12.1 Å². The van der Waals surface area contributed by atoms with E-state index in [0.29, 0.717) is 23.0 Å². The molecule has 0 spiro atoms. The van der Waals surface area contributed by atoms with Crippen LogP contribution in [0, 0.1) is 19.8 Å². The summed E-state index contributed by atoms with van der Waals surface area (Å²) in [6, 6.07) is 18.0. The van der Waals surface area contributed by atoms with Gasteiger partial charge in [-0.25, -0.2) is 4.79 Å². The minimum Gasteiger partial charge on any atom is -0.496 e. The number of thiophene rings is 1. The first-order valence-corrected chi connectivity index (χ1v) is 15.0. The number of aromatic nitrogens is 1. The van der Waals surface area contributed by atoms with Crippen LogP contribution in [0.5, 0.6) is 5.75 Å². The molecule has 0 radical (unpaired) electrons. The van der Waals surface area contributed by atoms with Gasteiger partial charge in [-0.3, -0.25) is 9.78 Å². The van der Waals surface area contributed by atoms with Crippen LogP contribution in [0.1, 0.15) is 52.3 Å². The van der Waals surface area contributed by atoms with E-state index in [1.54, 1.807) is 7.11 Å². The molecule has 2 N–H and O–H groups in total. The Balaban J connectivity index is 1.49. The van der Waals surface area contributed by atoms with Crippen LogP contribution in [-0.4, -0.2) is 46.7 Å². The molecule has 5 rings (SSSR count). The summed E-state index contributed by atoms with van der Waals surface area (Å²) in [6.45, 7) is 4.77. The molecule has 1 saturated carbocycles. The summed E-state index contributed by atoms with van der Waals surface area (Å²) >= 11 is 8.22. The van der Waals surface area contributed by atoms with E-state index in [9.17, 15) is 9.59 Å². The molecule has 0 atom stereocenters. The maximum Gasteiger partial charge on any atom is 0.404 e. The average Bonchev–Trinajstić information content (AvgIpc) is 3.30. The number of hydrogen-bond donors (Lipinski definition) is 2. The number of ether oxygens (including phenoxy) is 1. The maximum atomic E-state index is 14.3. The lowest BCUT2D eigenvalue weighted by Gasteiger charge is -2.37. The van der Waals surface area contributed by atoms with Gasteiger partial charge in [-0.2, -0.15) is 0 Å². The van der Waals surface area contributed by atoms with Crippen molar-refractivity contribution in [3.63, 3.8) is 0 Å². The van der Waals surface area contributed by atoms with Gasteiger partial charge in [0.15, 0.2) is 0 Å². The van der Waals surface area contributed by atoms with Crippen molar-refractivity contribution in [2.75, 3.05) is 13.7 Å². The summed E-state index contributed by atoms with van der Waals surface area (Å²) < 4.78 is 6.74. The quantitative estimate of drug-likeness (QED) is 0.219. The van der Waals surface area contributed by atoms with E-state index in [0.717, 1.165) is 69.6 Å². The summed E-state index contributed by atoms with van der Waals surface area (Å²) in [7, 11) is 1.65. The van der Waals surface area contributed by atoms with Gasteiger partial charge in [0, 0.05) is 46.2 Å². The molecule has 2 aromatic heterocycles. The molecule has 0 bridgehead atoms. The lowest BCUT2D eigenvalue weighted by molar-refractivity contribution is 0.0592. The fraction of sp³-hybridized carbons (Fsp3) is 0.344. The molecule has 0 saturated heterocycles. The minimum atomic E-state index is -1.00. The second kappa shape index (κ2) is 12.5. The number of nitrogens with zero attached hydrogens (tertiary/aromatic N) is 2. The first kappa shape index (κ1) is 28.9. The first-order chi connectivity index (χ1) is 19.7. The van der Waals surface area contributed by atoms with Crippen molar-refractivity contribution in [1.82, 2.24) is 15.2 Å². The Kier molecular flexibility index (Phi) is 8.80. The zero-order chi connectivity index (χ0) is 29.1. The van der Waals surface area contributed by atoms with Gasteiger partial charge in [-0.05, 0) is 86.9 Å². The van der Waals surface area contributed by atoms with Gasteiger partial charge in [-0.1, -0.05) is 35.9 Å². The topological polar surface area (TPSA) is 91.8 Å². The third-order valence-electron chi connectivity index (χ3n) is 7.82. The van der Waals surface area contributed by atoms with Gasteiger partial charge in [0.25, 0.3) is 5.91 Å². The number of pyridine rings is 1. The maximum absolute atomic E-state index is 14.3. The first-order valence-electron chi connectivity index (χ1n) is 13.8. The number of amides is 2. The lowest BCUT2D eigenvalue weighted by Crippen LogP contribution is -2.43. The number of nitrogens with one attached hydrogen (secondary N) is 1. The lowest BCUT2D eigenvalue weighted by atomic mass is 9.85. The van der Waals surface area contributed by atoms with E-state index in [4.69, 9.17) is 21.4 Å². The monoisotopic (exact) mass is 591 g/mol. The average molecular weight is 592 g/mol. The van der Waals surface area contributed by atoms with Crippen LogP contribution < -0.4 is 10.1 Å². The van der Waals surface area contributed by atoms with E-state index in [2.05, 4.69) is 28.5 Å². The predicted octanol–water partition coefficient (Wildman–Crippen LogP) is 7.71. The number of carboxylic acid groups (broad SMARTS) is 1. The number of carbonyl (C=O) groups is 2. The van der Waals surface area contributed by atoms with Crippen LogP contribution in [-0.2, 0) is 6.54 Å². The highest BCUT2D eigenvalue weighted by atomic mass is 35.5. The van der Waals surface area contributed by atoms with Crippen molar-refractivity contribution in [2.45, 2.75) is 52.1 Å². The van der Waals surface area contributed by atoms with E-state index >= 15 is 0 Å². The Morgan fingerprint density at radius 1 is 1.05 bits per heavy atom. The van der Waals surface area contributed by atoms with Crippen molar-refractivity contribution in [1.29, 1.82) is 0 Å². The zero-order valence-electron chi connectivity index (χ0n) is 23.4. The van der Waals surface area contributed by atoms with Gasteiger partial charge < -0.3 is 20.1 Å². The van der Waals surface area contributed by atoms with Gasteiger partial charge >= 0.3 is 6.09 Å². The molecule has 1 fully saturated rings. The number of fused-ring (bicyclic) bond motifs is 1. The van der Waals surface area contributed by atoms with Crippen LogP contribution in [0.15, 0.2) is 54.6 Å². The summed E-state index contributed by atoms with van der Waals surface area (Å²) in [6.07, 6.45) is 2.23. The van der Waals surface area contributed by atoms with Gasteiger partial charge in [0.1, 0.15) is 10.6 Å². The summed E-state index contributed by atoms with van der Waals surface area (Å²) in [4.78, 5) is 32.3. The number of carbonyl (C=O) groups excluding carboxylic acids is 1. The van der Waals surface area contributed by atoms with Crippen LogP contribution in [0.4, 0.5) is 4.79 Å². The third-order valence-corrected chi connectivity index (χ3v) is 9.49. The zero-order valence-corrected chi connectivity index (χ0v) is 25.0. The summed E-state index contributed by atoms with van der Waals surface area (Å²) in [5.41, 5.74) is 4.91. The number of hydrogen-bond acceptors (Lipinski definition) is 5. The number of methoxy groups -OCH3 is 1. The van der Waals surface area contributed by atoms with Crippen LogP contribution in [0.3, 0.4) is 0 Å². The van der Waals surface area contributed by atoms with Crippen LogP contribution >= 0.6 is 22.9 Å². The Morgan fingerprint density at radius 3 is 2.41 bits per heavy atom. The molecule has 0 unspecified atom stereocenters.